The molecule has 2 saturated carbocycles. The minimum absolute atomic E-state index is 0.0145. The summed E-state index contributed by atoms with van der Waals surface area (Å²) in [5, 5.41) is 19.5. The van der Waals surface area contributed by atoms with Crippen LogP contribution in [-0.2, 0) is 23.9 Å². The number of fused-ring (bicyclic) bond motifs is 1. The average molecular weight is 548 g/mol. The van der Waals surface area contributed by atoms with Crippen LogP contribution in [0.15, 0.2) is 24.0 Å². The molecule has 3 aliphatic rings. The molecule has 0 aromatic carbocycles. The number of rotatable bonds is 12. The Labute approximate surface area is 231 Å². The number of aliphatic hydroxyl groups excluding tert-OH is 1. The normalized spacial score (nSPS) is 29.8. The molecule has 9 heteroatoms. The average Bonchev–Trinajstić information content (AvgIpc) is 3.44. The molecular formula is C29H41NO7S. The molecule has 8 atom stereocenters. The molecule has 1 amide bonds. The number of hydrogen-bond acceptors (Lipinski definition) is 7. The van der Waals surface area contributed by atoms with Gasteiger partial charge in [-0.3, -0.25) is 14.4 Å². The smallest absolute Gasteiger partial charge is 0.310 e. The van der Waals surface area contributed by atoms with Crippen LogP contribution < -0.4 is 4.72 Å². The number of ether oxygens (including phenoxy) is 2. The number of hydrogen-bond donors (Lipinski definition) is 4. The molecule has 3 N–H and O–H groups in total. The van der Waals surface area contributed by atoms with E-state index in [1.165, 1.54) is 0 Å². The van der Waals surface area contributed by atoms with E-state index < -0.39 is 30.0 Å². The van der Waals surface area contributed by atoms with Crippen LogP contribution in [-0.4, -0.2) is 46.4 Å². The minimum Gasteiger partial charge on any atom is -0.494 e. The molecule has 0 aromatic heterocycles. The Morgan fingerprint density at radius 3 is 2.68 bits per heavy atom. The third-order valence-electron chi connectivity index (χ3n) is 8.01. The van der Waals surface area contributed by atoms with Gasteiger partial charge in [0.1, 0.15) is 12.2 Å². The summed E-state index contributed by atoms with van der Waals surface area (Å²) in [6.45, 7) is 3.72. The lowest BCUT2D eigenvalue weighted by atomic mass is 9.79. The largest absolute Gasteiger partial charge is 0.494 e. The van der Waals surface area contributed by atoms with Gasteiger partial charge in [-0.15, -0.1) is 11.8 Å². The fourth-order valence-electron chi connectivity index (χ4n) is 5.79. The van der Waals surface area contributed by atoms with Crippen molar-refractivity contribution in [3.8, 4) is 11.8 Å². The Morgan fingerprint density at radius 2 is 2.00 bits per heavy atom. The van der Waals surface area contributed by atoms with Gasteiger partial charge in [0.15, 0.2) is 0 Å². The number of carboxylic acids is 1. The first-order chi connectivity index (χ1) is 18.2. The van der Waals surface area contributed by atoms with E-state index in [4.69, 9.17) is 14.6 Å². The maximum Gasteiger partial charge on any atom is 0.310 e. The molecule has 3 rings (SSSR count). The summed E-state index contributed by atoms with van der Waals surface area (Å²) in [4.78, 5) is 36.4. The monoisotopic (exact) mass is 547 g/mol. The molecule has 0 radical (unpaired) electrons. The van der Waals surface area contributed by atoms with Crippen molar-refractivity contribution in [2.75, 3.05) is 0 Å². The Balaban J connectivity index is 1.72. The van der Waals surface area contributed by atoms with Crippen LogP contribution in [0, 0.1) is 41.4 Å². The Bertz CT molecular complexity index is 968. The number of aliphatic carboxylic acids is 1. The summed E-state index contributed by atoms with van der Waals surface area (Å²) in [5.41, 5.74) is 0. The summed E-state index contributed by atoms with van der Waals surface area (Å²) in [5.74, 6) is 4.11. The standard InChI is InChI=1S/C29H41NO7S/c1-3-4-9-18(2)24(31)15-14-20-23-16-19(10-5-8-13-27(32)33)36-26(23)17-25(20)37-29(35)22-12-7-6-11-21(22)28(34)30-38/h14-16,18,20-26,31,38H,5-13,17H2,1-2H3,(H,30,34)(H,32,33)/b15-14+/t18-,20+,21?,22?,23+,24+,25+,26-/m0/s1. The van der Waals surface area contributed by atoms with Gasteiger partial charge in [-0.2, -0.15) is 0 Å². The van der Waals surface area contributed by atoms with Crippen LogP contribution in [0.25, 0.3) is 0 Å². The zero-order chi connectivity index (χ0) is 27.7. The van der Waals surface area contributed by atoms with E-state index in [2.05, 4.69) is 35.5 Å². The van der Waals surface area contributed by atoms with Crippen LogP contribution in [0.5, 0.6) is 0 Å². The fraction of sp³-hybridized carbons (Fsp3) is 0.690. The number of allylic oxidation sites excluding steroid dienone is 1. The number of unbranched alkanes of at least 4 members (excludes halogenated alkanes) is 1. The van der Waals surface area contributed by atoms with Gasteiger partial charge in [-0.05, 0) is 44.6 Å². The summed E-state index contributed by atoms with van der Waals surface area (Å²) < 4.78 is 14.6. The van der Waals surface area contributed by atoms with Gasteiger partial charge >= 0.3 is 11.9 Å². The molecular weight excluding hydrogens is 506 g/mol. The van der Waals surface area contributed by atoms with E-state index in [0.29, 0.717) is 38.5 Å². The quantitative estimate of drug-likeness (QED) is 0.0950. The molecule has 210 valence electrons. The van der Waals surface area contributed by atoms with Gasteiger partial charge < -0.3 is 24.4 Å². The minimum atomic E-state index is -0.803. The number of aliphatic hydroxyl groups is 1. The highest BCUT2D eigenvalue weighted by Crippen LogP contribution is 2.45. The molecule has 0 aromatic rings. The van der Waals surface area contributed by atoms with Crippen molar-refractivity contribution in [3.05, 3.63) is 24.0 Å². The van der Waals surface area contributed by atoms with Crippen LogP contribution in [0.2, 0.25) is 0 Å². The first-order valence-electron chi connectivity index (χ1n) is 13.7. The number of thiol groups is 1. The second kappa shape index (κ2) is 14.6. The molecule has 2 aliphatic carbocycles. The molecule has 2 unspecified atom stereocenters. The second-order valence-electron chi connectivity index (χ2n) is 10.7. The lowest BCUT2D eigenvalue weighted by Crippen LogP contribution is -2.39. The van der Waals surface area contributed by atoms with E-state index in [1.54, 1.807) is 13.0 Å². The third kappa shape index (κ3) is 8.03. The number of amides is 1. The van der Waals surface area contributed by atoms with Crippen molar-refractivity contribution in [3.63, 3.8) is 0 Å². The van der Waals surface area contributed by atoms with Crippen molar-refractivity contribution in [1.82, 2.24) is 4.72 Å². The van der Waals surface area contributed by atoms with Gasteiger partial charge in [0.05, 0.1) is 23.7 Å². The zero-order valence-corrected chi connectivity index (χ0v) is 23.2. The lowest BCUT2D eigenvalue weighted by Gasteiger charge is -2.30. The SMILES string of the molecule is CC#CC[C@H](C)[C@H](O)/C=C/[C@@H]1[C@H]2C=C(CCCCC(=O)O)O[C@H]2C[C@H]1OC(=O)C1CCCCC1C(=O)NS. The molecule has 1 aliphatic heterocycles. The highest BCUT2D eigenvalue weighted by molar-refractivity contribution is 7.78. The third-order valence-corrected chi connectivity index (χ3v) is 8.23. The van der Waals surface area contributed by atoms with Crippen molar-refractivity contribution in [1.29, 1.82) is 0 Å². The molecule has 2 fully saturated rings. The number of carboxylic acid groups (broad SMARTS) is 1. The molecule has 0 spiro atoms. The van der Waals surface area contributed by atoms with Gasteiger partial charge in [-0.1, -0.05) is 44.7 Å². The van der Waals surface area contributed by atoms with Crippen molar-refractivity contribution in [2.45, 2.75) is 96.4 Å². The maximum absolute atomic E-state index is 13.3. The van der Waals surface area contributed by atoms with E-state index in [1.807, 2.05) is 13.0 Å². The maximum atomic E-state index is 13.3. The van der Waals surface area contributed by atoms with E-state index >= 15 is 0 Å². The number of esters is 1. The Morgan fingerprint density at radius 1 is 1.26 bits per heavy atom. The van der Waals surface area contributed by atoms with E-state index in [-0.39, 0.29) is 42.2 Å². The van der Waals surface area contributed by atoms with Gasteiger partial charge in [-0.25, -0.2) is 0 Å². The molecule has 8 nitrogen and oxygen atoms in total. The predicted octanol–water partition coefficient (Wildman–Crippen LogP) is 4.20. The Hall–Kier alpha value is -2.44. The molecule has 1 heterocycles. The second-order valence-corrected chi connectivity index (χ2v) is 10.9. The highest BCUT2D eigenvalue weighted by Gasteiger charge is 2.48. The topological polar surface area (TPSA) is 122 Å². The molecule has 38 heavy (non-hydrogen) atoms. The van der Waals surface area contributed by atoms with Crippen molar-refractivity contribution in [2.24, 2.45) is 29.6 Å². The van der Waals surface area contributed by atoms with Gasteiger partial charge in [0, 0.05) is 37.5 Å². The van der Waals surface area contributed by atoms with E-state index in [9.17, 15) is 19.5 Å². The van der Waals surface area contributed by atoms with Crippen molar-refractivity contribution >= 4 is 30.7 Å². The van der Waals surface area contributed by atoms with Gasteiger partial charge in [0.2, 0.25) is 5.91 Å². The zero-order valence-electron chi connectivity index (χ0n) is 22.3. The van der Waals surface area contributed by atoms with Crippen LogP contribution in [0.4, 0.5) is 0 Å². The first kappa shape index (κ1) is 30.1. The summed E-state index contributed by atoms with van der Waals surface area (Å²) in [6.07, 6.45) is 10.7. The lowest BCUT2D eigenvalue weighted by molar-refractivity contribution is -0.161. The van der Waals surface area contributed by atoms with Gasteiger partial charge in [0.25, 0.3) is 0 Å². The molecule has 0 saturated heterocycles. The number of nitrogens with one attached hydrogen (secondary N) is 1. The van der Waals surface area contributed by atoms with E-state index in [0.717, 1.165) is 25.0 Å². The van der Waals surface area contributed by atoms with Crippen LogP contribution in [0.3, 0.4) is 0 Å². The first-order valence-corrected chi connectivity index (χ1v) is 14.2. The van der Waals surface area contributed by atoms with Crippen molar-refractivity contribution < 1.29 is 34.1 Å². The summed E-state index contributed by atoms with van der Waals surface area (Å²) in [7, 11) is 0. The highest BCUT2D eigenvalue weighted by atomic mass is 32.1. The molecule has 0 bridgehead atoms. The van der Waals surface area contributed by atoms with Crippen LogP contribution in [0.1, 0.15) is 78.1 Å². The number of carbonyl (C=O) groups excluding carboxylic acids is 2. The summed E-state index contributed by atoms with van der Waals surface area (Å²) in [6, 6.07) is 0. The van der Waals surface area contributed by atoms with Crippen LogP contribution >= 0.6 is 12.8 Å². The number of carbonyl (C=O) groups is 3. The summed E-state index contributed by atoms with van der Waals surface area (Å²) >= 11 is 3.90. The fourth-order valence-corrected chi connectivity index (χ4v) is 5.96. The predicted molar refractivity (Wildman–Crippen MR) is 145 cm³/mol. The Kier molecular flexibility index (Phi) is 11.6.